The number of rotatable bonds is 10. The summed E-state index contributed by atoms with van der Waals surface area (Å²) in [7, 11) is 0. The molecule has 1 atom stereocenters. The SMILES string of the molecule is O=C(NCC(c1scnc1C(F)F)N1CCC(Oc2ncccc2OC(F)F)CC1)c1c(F)cccc1Cl. The van der Waals surface area contributed by atoms with Crippen molar-refractivity contribution in [3.63, 3.8) is 0 Å². The van der Waals surface area contributed by atoms with Crippen molar-refractivity contribution in [2.75, 3.05) is 19.6 Å². The molecule has 1 fully saturated rings. The van der Waals surface area contributed by atoms with Gasteiger partial charge in [0.15, 0.2) is 5.75 Å². The summed E-state index contributed by atoms with van der Waals surface area (Å²) in [6.45, 7) is -2.42. The molecule has 0 aliphatic carbocycles. The first kappa shape index (κ1) is 28.0. The maximum absolute atomic E-state index is 14.2. The lowest BCUT2D eigenvalue weighted by Crippen LogP contribution is -2.44. The predicted molar refractivity (Wildman–Crippen MR) is 130 cm³/mol. The van der Waals surface area contributed by atoms with Crippen LogP contribution in [0.3, 0.4) is 0 Å². The number of ether oxygens (including phenoxy) is 2. The Kier molecular flexibility index (Phi) is 9.34. The topological polar surface area (TPSA) is 76.6 Å². The first-order chi connectivity index (χ1) is 18.2. The number of hydrogen-bond donors (Lipinski definition) is 1. The lowest BCUT2D eigenvalue weighted by Gasteiger charge is -2.37. The van der Waals surface area contributed by atoms with E-state index in [9.17, 15) is 26.7 Å². The van der Waals surface area contributed by atoms with Gasteiger partial charge in [-0.25, -0.2) is 23.1 Å². The molecule has 38 heavy (non-hydrogen) atoms. The molecule has 1 aromatic carbocycles. The molecule has 4 rings (SSSR count). The Labute approximate surface area is 223 Å². The zero-order valence-corrected chi connectivity index (χ0v) is 21.2. The number of likely N-dealkylation sites (tertiary alicyclic amines) is 1. The molecule has 0 saturated carbocycles. The Morgan fingerprint density at radius 2 is 1.92 bits per heavy atom. The van der Waals surface area contributed by atoms with E-state index in [1.165, 1.54) is 36.0 Å². The van der Waals surface area contributed by atoms with Gasteiger partial charge >= 0.3 is 6.61 Å². The number of pyridine rings is 1. The summed E-state index contributed by atoms with van der Waals surface area (Å²) in [5.74, 6) is -1.84. The molecule has 2 aromatic heterocycles. The Bertz CT molecular complexity index is 1220. The number of nitrogens with zero attached hydrogens (tertiary/aromatic N) is 3. The standard InChI is InChI=1S/C24H22ClF5N4O3S/c25-14-3-1-4-15(26)18(14)22(35)32-11-16(20-19(21(27)28)33-12-38-20)34-9-6-13(7-10-34)36-23-17(37-24(29)30)5-2-8-31-23/h1-5,8,12-13,16,21,24H,6-7,9-11H2,(H,32,35). The van der Waals surface area contributed by atoms with Crippen LogP contribution >= 0.6 is 22.9 Å². The summed E-state index contributed by atoms with van der Waals surface area (Å²) < 4.78 is 77.2. The highest BCUT2D eigenvalue weighted by Gasteiger charge is 2.33. The number of piperidine rings is 1. The fourth-order valence-corrected chi connectivity index (χ4v) is 5.35. The molecule has 1 amide bonds. The fraction of sp³-hybridized carbons (Fsp3) is 0.375. The van der Waals surface area contributed by atoms with E-state index in [1.54, 1.807) is 0 Å². The van der Waals surface area contributed by atoms with Gasteiger partial charge in [-0.05, 0) is 37.1 Å². The molecule has 1 aliphatic heterocycles. The number of hydrogen-bond acceptors (Lipinski definition) is 7. The molecule has 0 spiro atoms. The number of amides is 1. The molecular weight excluding hydrogens is 555 g/mol. The number of carbonyl (C=O) groups is 1. The van der Waals surface area contributed by atoms with Crippen LogP contribution in [0.15, 0.2) is 42.0 Å². The maximum atomic E-state index is 14.2. The molecule has 0 bridgehead atoms. The molecule has 3 heterocycles. The van der Waals surface area contributed by atoms with Crippen LogP contribution in [0, 0.1) is 5.82 Å². The molecule has 1 aliphatic rings. The highest BCUT2D eigenvalue weighted by molar-refractivity contribution is 7.09. The Morgan fingerprint density at radius 1 is 1.16 bits per heavy atom. The molecule has 0 radical (unpaired) electrons. The van der Waals surface area contributed by atoms with Crippen LogP contribution in [0.1, 0.15) is 46.2 Å². The smallest absolute Gasteiger partial charge is 0.387 e. The summed E-state index contributed by atoms with van der Waals surface area (Å²) in [5.41, 5.74) is 0.579. The maximum Gasteiger partial charge on any atom is 0.387 e. The van der Waals surface area contributed by atoms with Crippen molar-refractivity contribution in [2.24, 2.45) is 0 Å². The number of halogens is 6. The normalized spacial score (nSPS) is 15.6. The van der Waals surface area contributed by atoms with E-state index in [1.807, 2.05) is 4.90 Å². The number of carbonyl (C=O) groups excluding carboxylic acids is 1. The fourth-order valence-electron chi connectivity index (χ4n) is 4.17. The molecule has 14 heteroatoms. The van der Waals surface area contributed by atoms with E-state index in [2.05, 4.69) is 20.0 Å². The largest absolute Gasteiger partial charge is 0.472 e. The third-order valence-electron chi connectivity index (χ3n) is 5.93. The molecule has 7 nitrogen and oxygen atoms in total. The molecular formula is C24H22ClF5N4O3S. The van der Waals surface area contributed by atoms with Crippen molar-refractivity contribution >= 4 is 28.8 Å². The van der Waals surface area contributed by atoms with Crippen LogP contribution in [0.2, 0.25) is 5.02 Å². The second-order valence-corrected chi connectivity index (χ2v) is 9.56. The highest BCUT2D eigenvalue weighted by Crippen LogP contribution is 2.35. The number of nitrogens with one attached hydrogen (secondary N) is 1. The number of alkyl halides is 4. The molecule has 204 valence electrons. The van der Waals surface area contributed by atoms with E-state index in [-0.39, 0.29) is 39.3 Å². The van der Waals surface area contributed by atoms with Crippen LogP contribution in [0.25, 0.3) is 0 Å². The monoisotopic (exact) mass is 576 g/mol. The summed E-state index contributed by atoms with van der Waals surface area (Å²) in [6.07, 6.45) is -1.01. The average Bonchev–Trinajstić information content (AvgIpc) is 3.36. The zero-order valence-electron chi connectivity index (χ0n) is 19.6. The van der Waals surface area contributed by atoms with Gasteiger partial charge in [-0.15, -0.1) is 11.3 Å². The number of benzene rings is 1. The van der Waals surface area contributed by atoms with Crippen LogP contribution < -0.4 is 14.8 Å². The number of thiazole rings is 1. The van der Waals surface area contributed by atoms with Crippen molar-refractivity contribution in [3.8, 4) is 11.6 Å². The van der Waals surface area contributed by atoms with Crippen molar-refractivity contribution in [1.82, 2.24) is 20.2 Å². The Balaban J connectivity index is 1.47. The summed E-state index contributed by atoms with van der Waals surface area (Å²) >= 11 is 7.02. The van der Waals surface area contributed by atoms with Gasteiger partial charge in [-0.2, -0.15) is 8.78 Å². The minimum absolute atomic E-state index is 0.0701. The van der Waals surface area contributed by atoms with E-state index in [4.69, 9.17) is 16.3 Å². The Morgan fingerprint density at radius 3 is 2.61 bits per heavy atom. The van der Waals surface area contributed by atoms with E-state index in [0.29, 0.717) is 25.9 Å². The van der Waals surface area contributed by atoms with Crippen LogP contribution in [-0.2, 0) is 0 Å². The van der Waals surface area contributed by atoms with Gasteiger partial charge in [0.1, 0.15) is 17.6 Å². The third-order valence-corrected chi connectivity index (χ3v) is 7.19. The first-order valence-corrected chi connectivity index (χ1v) is 12.7. The van der Waals surface area contributed by atoms with E-state index >= 15 is 0 Å². The van der Waals surface area contributed by atoms with Crippen LogP contribution in [0.4, 0.5) is 22.0 Å². The summed E-state index contributed by atoms with van der Waals surface area (Å²) in [5, 5.41) is 2.53. The van der Waals surface area contributed by atoms with Gasteiger partial charge in [0.05, 0.1) is 27.0 Å². The second kappa shape index (κ2) is 12.7. The second-order valence-electron chi connectivity index (χ2n) is 8.26. The van der Waals surface area contributed by atoms with Crippen molar-refractivity contribution in [3.05, 3.63) is 69.0 Å². The molecule has 1 saturated heterocycles. The highest BCUT2D eigenvalue weighted by atomic mass is 35.5. The van der Waals surface area contributed by atoms with Gasteiger partial charge in [-0.1, -0.05) is 17.7 Å². The molecule has 1 unspecified atom stereocenters. The molecule has 1 N–H and O–H groups in total. The van der Waals surface area contributed by atoms with E-state index < -0.39 is 36.9 Å². The minimum Gasteiger partial charge on any atom is -0.472 e. The third kappa shape index (κ3) is 6.69. The zero-order chi connectivity index (χ0) is 27.2. The van der Waals surface area contributed by atoms with Gasteiger partial charge in [0, 0.05) is 25.8 Å². The van der Waals surface area contributed by atoms with Gasteiger partial charge in [0.25, 0.3) is 18.2 Å². The van der Waals surface area contributed by atoms with Gasteiger partial charge in [-0.3, -0.25) is 9.69 Å². The lowest BCUT2D eigenvalue weighted by atomic mass is 10.0. The van der Waals surface area contributed by atoms with Crippen molar-refractivity contribution in [1.29, 1.82) is 0 Å². The summed E-state index contributed by atoms with van der Waals surface area (Å²) in [6, 6.07) is 5.91. The van der Waals surface area contributed by atoms with Gasteiger partial charge < -0.3 is 14.8 Å². The van der Waals surface area contributed by atoms with Crippen LogP contribution in [0.5, 0.6) is 11.6 Å². The first-order valence-electron chi connectivity index (χ1n) is 11.5. The van der Waals surface area contributed by atoms with Gasteiger partial charge in [0.2, 0.25) is 0 Å². The lowest BCUT2D eigenvalue weighted by molar-refractivity contribution is -0.0531. The van der Waals surface area contributed by atoms with Crippen molar-refractivity contribution in [2.45, 2.75) is 38.0 Å². The average molecular weight is 577 g/mol. The quantitative estimate of drug-likeness (QED) is 0.304. The van der Waals surface area contributed by atoms with Crippen molar-refractivity contribution < 1.29 is 36.2 Å². The Hall–Kier alpha value is -3.03. The minimum atomic E-state index is -3.04. The van der Waals surface area contributed by atoms with Crippen LogP contribution in [-0.4, -0.2) is 53.1 Å². The number of aromatic nitrogens is 2. The summed E-state index contributed by atoms with van der Waals surface area (Å²) in [4.78, 5) is 22.6. The predicted octanol–water partition coefficient (Wildman–Crippen LogP) is 5.88. The molecule has 3 aromatic rings. The van der Waals surface area contributed by atoms with E-state index in [0.717, 1.165) is 17.4 Å².